The molecule has 1 heterocycles. The highest BCUT2D eigenvalue weighted by atomic mass is 127. The molecule has 0 bridgehead atoms. The molecule has 2 aromatic rings. The Bertz CT molecular complexity index is 765. The molecule has 1 saturated heterocycles. The molecule has 1 aliphatic heterocycles. The maximum absolute atomic E-state index is 5.86. The Kier molecular flexibility index (Phi) is 11.3. The molecule has 1 fully saturated rings. The molecule has 3 rings (SSSR count). The number of rotatable bonds is 9. The van der Waals surface area contributed by atoms with Crippen molar-refractivity contribution in [1.82, 2.24) is 10.6 Å². The maximum Gasteiger partial charge on any atom is 0.191 e. The Morgan fingerprint density at radius 2 is 1.68 bits per heavy atom. The first-order valence-electron chi connectivity index (χ1n) is 10.9. The number of ether oxygens (including phenoxy) is 2. The quantitative estimate of drug-likeness (QED) is 0.284. The van der Waals surface area contributed by atoms with Gasteiger partial charge in [-0.2, -0.15) is 0 Å². The van der Waals surface area contributed by atoms with Crippen LogP contribution in [0.25, 0.3) is 0 Å². The van der Waals surface area contributed by atoms with Crippen molar-refractivity contribution in [2.24, 2.45) is 10.9 Å². The van der Waals surface area contributed by atoms with Crippen molar-refractivity contribution in [3.05, 3.63) is 71.8 Å². The number of halogens is 1. The van der Waals surface area contributed by atoms with Crippen molar-refractivity contribution in [2.75, 3.05) is 40.0 Å². The molecule has 170 valence electrons. The van der Waals surface area contributed by atoms with Gasteiger partial charge < -0.3 is 20.1 Å². The summed E-state index contributed by atoms with van der Waals surface area (Å²) in [6, 6.07) is 21.1. The predicted octanol–water partition coefficient (Wildman–Crippen LogP) is 4.37. The van der Waals surface area contributed by atoms with Crippen LogP contribution in [0.15, 0.2) is 65.7 Å². The van der Waals surface area contributed by atoms with E-state index in [1.54, 1.807) is 0 Å². The van der Waals surface area contributed by atoms with Crippen LogP contribution in [-0.4, -0.2) is 45.9 Å². The van der Waals surface area contributed by atoms with E-state index in [1.807, 2.05) is 25.2 Å². The molecule has 31 heavy (non-hydrogen) atoms. The normalized spacial score (nSPS) is 16.8. The Balaban J connectivity index is 0.00000341. The fourth-order valence-electron chi connectivity index (χ4n) is 3.88. The van der Waals surface area contributed by atoms with Gasteiger partial charge in [0.15, 0.2) is 5.96 Å². The lowest BCUT2D eigenvalue weighted by Gasteiger charge is -2.38. The van der Waals surface area contributed by atoms with Gasteiger partial charge in [0.05, 0.1) is 13.2 Å². The van der Waals surface area contributed by atoms with E-state index in [0.29, 0.717) is 19.1 Å². The summed E-state index contributed by atoms with van der Waals surface area (Å²) >= 11 is 0. The van der Waals surface area contributed by atoms with Crippen molar-refractivity contribution in [3.63, 3.8) is 0 Å². The first kappa shape index (κ1) is 25.6. The third-order valence-electron chi connectivity index (χ3n) is 5.79. The monoisotopic (exact) mass is 537 g/mol. The third kappa shape index (κ3) is 8.09. The topological polar surface area (TPSA) is 54.9 Å². The van der Waals surface area contributed by atoms with Crippen LogP contribution in [0.4, 0.5) is 0 Å². The zero-order valence-corrected chi connectivity index (χ0v) is 21.0. The van der Waals surface area contributed by atoms with E-state index in [2.05, 4.69) is 65.0 Å². The van der Waals surface area contributed by atoms with Gasteiger partial charge in [-0.25, -0.2) is 0 Å². The van der Waals surface area contributed by atoms with Gasteiger partial charge in [-0.3, -0.25) is 4.99 Å². The van der Waals surface area contributed by atoms with Crippen molar-refractivity contribution < 1.29 is 9.47 Å². The highest BCUT2D eigenvalue weighted by Crippen LogP contribution is 2.34. The molecule has 1 atom stereocenters. The zero-order valence-electron chi connectivity index (χ0n) is 18.7. The van der Waals surface area contributed by atoms with Crippen LogP contribution in [0.3, 0.4) is 0 Å². The molecule has 2 aromatic carbocycles. The van der Waals surface area contributed by atoms with Crippen LogP contribution >= 0.6 is 24.0 Å². The smallest absolute Gasteiger partial charge is 0.191 e. The predicted molar refractivity (Wildman–Crippen MR) is 138 cm³/mol. The van der Waals surface area contributed by atoms with Gasteiger partial charge in [-0.05, 0) is 29.9 Å². The summed E-state index contributed by atoms with van der Waals surface area (Å²) in [7, 11) is 1.82. The Morgan fingerprint density at radius 3 is 2.32 bits per heavy atom. The van der Waals surface area contributed by atoms with Crippen molar-refractivity contribution in [3.8, 4) is 0 Å². The fraction of sp³-hybridized carbons (Fsp3) is 0.480. The summed E-state index contributed by atoms with van der Waals surface area (Å²) in [5, 5.41) is 7.01. The minimum absolute atomic E-state index is 0. The Morgan fingerprint density at radius 1 is 1.03 bits per heavy atom. The second kappa shape index (κ2) is 13.7. The van der Waals surface area contributed by atoms with Crippen LogP contribution in [0.5, 0.6) is 0 Å². The zero-order chi connectivity index (χ0) is 21.1. The largest absolute Gasteiger partial charge is 0.381 e. The van der Waals surface area contributed by atoms with E-state index in [9.17, 15) is 0 Å². The number of aliphatic imine (C=N–C) groups is 1. The van der Waals surface area contributed by atoms with Gasteiger partial charge in [-0.15, -0.1) is 24.0 Å². The molecule has 6 heteroatoms. The van der Waals surface area contributed by atoms with Crippen LogP contribution < -0.4 is 10.6 Å². The molecule has 1 aliphatic rings. The number of guanidine groups is 1. The van der Waals surface area contributed by atoms with E-state index < -0.39 is 0 Å². The molecule has 0 saturated carbocycles. The summed E-state index contributed by atoms with van der Waals surface area (Å²) < 4.78 is 11.5. The fourth-order valence-corrected chi connectivity index (χ4v) is 3.88. The van der Waals surface area contributed by atoms with E-state index in [-0.39, 0.29) is 29.4 Å². The maximum atomic E-state index is 5.86. The third-order valence-corrected chi connectivity index (χ3v) is 5.79. The molecular weight excluding hydrogens is 501 g/mol. The SMILES string of the molecule is CN=C(NCC(C)COCc1ccccc1)NCC1(c2ccccc2)CCOCC1.I. The van der Waals surface area contributed by atoms with Crippen molar-refractivity contribution in [1.29, 1.82) is 0 Å². The van der Waals surface area contributed by atoms with Crippen LogP contribution in [0.1, 0.15) is 30.9 Å². The minimum Gasteiger partial charge on any atom is -0.381 e. The summed E-state index contributed by atoms with van der Waals surface area (Å²) in [4.78, 5) is 4.42. The molecule has 0 spiro atoms. The van der Waals surface area contributed by atoms with Gasteiger partial charge in [0.1, 0.15) is 0 Å². The molecule has 5 nitrogen and oxygen atoms in total. The second-order valence-corrected chi connectivity index (χ2v) is 8.17. The van der Waals surface area contributed by atoms with Crippen molar-refractivity contribution >= 4 is 29.9 Å². The Labute approximate surface area is 204 Å². The lowest BCUT2D eigenvalue weighted by molar-refractivity contribution is 0.0513. The van der Waals surface area contributed by atoms with Crippen molar-refractivity contribution in [2.45, 2.75) is 31.8 Å². The minimum atomic E-state index is 0. The first-order valence-corrected chi connectivity index (χ1v) is 10.9. The molecule has 2 N–H and O–H groups in total. The molecule has 0 amide bonds. The molecule has 0 aromatic heterocycles. The number of nitrogens with one attached hydrogen (secondary N) is 2. The highest BCUT2D eigenvalue weighted by molar-refractivity contribution is 14.0. The number of nitrogens with zero attached hydrogens (tertiary/aromatic N) is 1. The average Bonchev–Trinajstić information content (AvgIpc) is 2.81. The van der Waals surface area contributed by atoms with Gasteiger partial charge >= 0.3 is 0 Å². The van der Waals surface area contributed by atoms with E-state index in [1.165, 1.54) is 11.1 Å². The lowest BCUT2D eigenvalue weighted by atomic mass is 9.74. The van der Waals surface area contributed by atoms with E-state index in [0.717, 1.165) is 45.1 Å². The number of hydrogen-bond acceptors (Lipinski definition) is 3. The second-order valence-electron chi connectivity index (χ2n) is 8.17. The summed E-state index contributed by atoms with van der Waals surface area (Å²) in [6.45, 7) is 6.82. The number of benzene rings is 2. The molecule has 0 radical (unpaired) electrons. The molecule has 1 unspecified atom stereocenters. The van der Waals surface area contributed by atoms with Crippen LogP contribution in [0.2, 0.25) is 0 Å². The van der Waals surface area contributed by atoms with E-state index >= 15 is 0 Å². The van der Waals surface area contributed by atoms with Crippen LogP contribution in [-0.2, 0) is 21.5 Å². The lowest BCUT2D eigenvalue weighted by Crippen LogP contribution is -2.48. The van der Waals surface area contributed by atoms with E-state index in [4.69, 9.17) is 9.47 Å². The van der Waals surface area contributed by atoms with Gasteiger partial charge in [0.2, 0.25) is 0 Å². The van der Waals surface area contributed by atoms with Gasteiger partial charge in [-0.1, -0.05) is 67.6 Å². The summed E-state index contributed by atoms with van der Waals surface area (Å²) in [6.07, 6.45) is 2.04. The van der Waals surface area contributed by atoms with Gasteiger partial charge in [0.25, 0.3) is 0 Å². The van der Waals surface area contributed by atoms with Gasteiger partial charge in [0, 0.05) is 38.8 Å². The molecule has 0 aliphatic carbocycles. The highest BCUT2D eigenvalue weighted by Gasteiger charge is 2.34. The average molecular weight is 537 g/mol. The summed E-state index contributed by atoms with van der Waals surface area (Å²) in [5.41, 5.74) is 2.67. The number of hydrogen-bond donors (Lipinski definition) is 2. The molecular formula is C25H36IN3O2. The van der Waals surface area contributed by atoms with Crippen LogP contribution in [0, 0.1) is 5.92 Å². The first-order chi connectivity index (χ1) is 14.7. The summed E-state index contributed by atoms with van der Waals surface area (Å²) in [5.74, 6) is 1.23. The standard InChI is InChI=1S/C25H35N3O2.HI/c1-21(18-30-19-22-9-5-3-6-10-22)17-27-24(26-2)28-20-25(13-15-29-16-14-25)23-11-7-4-8-12-23;/h3-12,21H,13-20H2,1-2H3,(H2,26,27,28);1H. The Hall–Kier alpha value is -1.64.